The summed E-state index contributed by atoms with van der Waals surface area (Å²) in [6.07, 6.45) is 0. The molecule has 4 bridgehead atoms. The molecule has 9 aromatic rings. The lowest BCUT2D eigenvalue weighted by Crippen LogP contribution is -2.41. The van der Waals surface area contributed by atoms with E-state index in [1.54, 1.807) is 0 Å². The molecule has 0 amide bonds. The highest BCUT2D eigenvalue weighted by atomic mass is 14.5. The van der Waals surface area contributed by atoms with Crippen molar-refractivity contribution in [2.75, 3.05) is 0 Å². The van der Waals surface area contributed by atoms with Crippen molar-refractivity contribution in [2.24, 2.45) is 0 Å². The molecule has 0 nitrogen and oxygen atoms in total. The van der Waals surface area contributed by atoms with Crippen LogP contribution in [0.4, 0.5) is 0 Å². The molecule has 0 saturated heterocycles. The van der Waals surface area contributed by atoms with Gasteiger partial charge in [0.15, 0.2) is 0 Å². The van der Waals surface area contributed by atoms with Gasteiger partial charge in [-0.2, -0.15) is 0 Å². The number of fused-ring (bicyclic) bond motifs is 2. The van der Waals surface area contributed by atoms with Gasteiger partial charge < -0.3 is 0 Å². The highest BCUT2D eigenvalue weighted by Gasteiger charge is 2.52. The van der Waals surface area contributed by atoms with E-state index >= 15 is 0 Å². The third-order valence-electron chi connectivity index (χ3n) is 13.7. The molecule has 9 aromatic carbocycles. The van der Waals surface area contributed by atoms with Crippen molar-refractivity contribution in [3.63, 3.8) is 0 Å². The molecule has 6 aliphatic carbocycles. The van der Waals surface area contributed by atoms with E-state index in [1.165, 1.54) is 66.8 Å². The maximum Gasteiger partial charge on any atom is 0.107 e. The molecule has 0 aromatic heterocycles. The summed E-state index contributed by atoms with van der Waals surface area (Å²) < 4.78 is 0. The highest BCUT2D eigenvalue weighted by Crippen LogP contribution is 2.60. The summed E-state index contributed by atoms with van der Waals surface area (Å²) in [6, 6.07) is 71.5. The van der Waals surface area contributed by atoms with Crippen LogP contribution in [0.25, 0.3) is 21.5 Å². The van der Waals surface area contributed by atoms with Crippen LogP contribution in [0.5, 0.6) is 0 Å². The fourth-order valence-corrected chi connectivity index (χ4v) is 11.5. The fourth-order valence-electron chi connectivity index (χ4n) is 11.5. The topological polar surface area (TPSA) is 0 Å². The number of rotatable bonds is 0. The number of hydrogen-bond donors (Lipinski definition) is 0. The van der Waals surface area contributed by atoms with Crippen molar-refractivity contribution in [1.82, 2.24) is 0 Å². The second-order valence-electron chi connectivity index (χ2n) is 16.2. The predicted octanol–water partition coefficient (Wildman–Crippen LogP) is 12.4. The van der Waals surface area contributed by atoms with Crippen LogP contribution in [0.1, 0.15) is 89.7 Å². The Bertz CT molecular complexity index is 2870. The quantitative estimate of drug-likeness (QED) is 0.108. The molecule has 15 rings (SSSR count). The Morgan fingerprint density at radius 1 is 0.259 bits per heavy atom. The lowest BCUT2D eigenvalue weighted by Gasteiger charge is -2.48. The molecule has 0 saturated carbocycles. The Morgan fingerprint density at radius 3 is 0.707 bits per heavy atom. The van der Waals surface area contributed by atoms with E-state index in [1.807, 2.05) is 0 Å². The summed E-state index contributed by atoms with van der Waals surface area (Å²) in [5, 5.41) is 4.50. The van der Waals surface area contributed by atoms with Crippen LogP contribution in [-0.4, -0.2) is 0 Å². The van der Waals surface area contributed by atoms with E-state index in [-0.39, 0.29) is 11.8 Å². The van der Waals surface area contributed by atoms with Crippen molar-refractivity contribution < 1.29 is 0 Å². The SMILES string of the molecule is C(#CC12c3ccccc3C(c3ccccc31)c1ccccc12)c1c2ccccc2c(C#CC23c4ccccc4C(c4ccccc42)c2ccccc23)c2ccccc12. The van der Waals surface area contributed by atoms with Gasteiger partial charge >= 0.3 is 0 Å². The molecule has 0 N–H and O–H groups in total. The van der Waals surface area contributed by atoms with Gasteiger partial charge in [-0.05, 0) is 88.3 Å². The van der Waals surface area contributed by atoms with Crippen molar-refractivity contribution in [2.45, 2.75) is 22.7 Å². The Labute approximate surface area is 338 Å². The molecule has 0 heteroatoms. The Kier molecular flexibility index (Phi) is 6.35. The van der Waals surface area contributed by atoms with Crippen molar-refractivity contribution >= 4 is 21.5 Å². The first kappa shape index (κ1) is 31.8. The van der Waals surface area contributed by atoms with E-state index in [0.717, 1.165) is 32.7 Å². The third kappa shape index (κ3) is 3.88. The fraction of sp³-hybridized carbons (Fsp3) is 0.0690. The smallest absolute Gasteiger partial charge is 0.0764 e. The van der Waals surface area contributed by atoms with Gasteiger partial charge in [-0.25, -0.2) is 0 Å². The maximum absolute atomic E-state index is 4.06. The molecule has 58 heavy (non-hydrogen) atoms. The normalized spacial score (nSPS) is 20.6. The van der Waals surface area contributed by atoms with E-state index in [2.05, 4.69) is 218 Å². The van der Waals surface area contributed by atoms with Crippen LogP contribution < -0.4 is 0 Å². The monoisotopic (exact) mass is 730 g/mol. The van der Waals surface area contributed by atoms with E-state index in [4.69, 9.17) is 0 Å². The predicted molar refractivity (Wildman–Crippen MR) is 236 cm³/mol. The molecule has 0 aliphatic heterocycles. The van der Waals surface area contributed by atoms with Gasteiger partial charge in [0, 0.05) is 23.0 Å². The van der Waals surface area contributed by atoms with Gasteiger partial charge in [0.05, 0.1) is 0 Å². The van der Waals surface area contributed by atoms with Crippen LogP contribution in [0.15, 0.2) is 194 Å². The van der Waals surface area contributed by atoms with E-state index in [0.29, 0.717) is 0 Å². The Balaban J connectivity index is 1.09. The minimum absolute atomic E-state index is 0.205. The van der Waals surface area contributed by atoms with Gasteiger partial charge in [-0.1, -0.05) is 218 Å². The molecule has 0 unspecified atom stereocenters. The summed E-state index contributed by atoms with van der Waals surface area (Å²) in [7, 11) is 0. The second kappa shape index (κ2) is 11.6. The second-order valence-corrected chi connectivity index (χ2v) is 16.2. The largest absolute Gasteiger partial charge is 0.107 e. The minimum Gasteiger partial charge on any atom is -0.0764 e. The van der Waals surface area contributed by atoms with Crippen LogP contribution >= 0.6 is 0 Å². The molecule has 6 aliphatic rings. The van der Waals surface area contributed by atoms with E-state index < -0.39 is 10.8 Å². The number of benzene rings is 9. The lowest BCUT2D eigenvalue weighted by atomic mass is 9.53. The first-order chi connectivity index (χ1) is 28.8. The molecular formula is C58H34. The molecular weight excluding hydrogens is 697 g/mol. The third-order valence-corrected chi connectivity index (χ3v) is 13.7. The van der Waals surface area contributed by atoms with Gasteiger partial charge in [-0.3, -0.25) is 0 Å². The summed E-state index contributed by atoms with van der Waals surface area (Å²) in [5.41, 5.74) is 16.8. The minimum atomic E-state index is -0.605. The van der Waals surface area contributed by atoms with Crippen molar-refractivity contribution in [1.29, 1.82) is 0 Å². The van der Waals surface area contributed by atoms with Crippen LogP contribution in [0, 0.1) is 23.7 Å². The molecule has 0 fully saturated rings. The zero-order chi connectivity index (χ0) is 38.0. The standard InChI is InChI=1S/C58H34/c1-2-18-38-37(17-1)41(33-35-57-49-27-11-5-21-43(49)55(44-22-6-12-28-50(44)57)45-23-7-13-29-51(45)57)39-19-3-4-20-40(39)42(38)34-36-58-52-30-14-8-24-46(52)56(47-25-9-15-31-53(47)58)48-26-10-16-32-54(48)58/h1-32,55-56H. The van der Waals surface area contributed by atoms with E-state index in [9.17, 15) is 0 Å². The molecule has 0 radical (unpaired) electrons. The molecule has 0 heterocycles. The van der Waals surface area contributed by atoms with Gasteiger partial charge in [-0.15, -0.1) is 0 Å². The van der Waals surface area contributed by atoms with Crippen molar-refractivity contribution in [3.05, 3.63) is 272 Å². The average molecular weight is 731 g/mol. The summed E-state index contributed by atoms with van der Waals surface area (Å²) >= 11 is 0. The summed E-state index contributed by atoms with van der Waals surface area (Å²) in [4.78, 5) is 0. The summed E-state index contributed by atoms with van der Waals surface area (Å²) in [5.74, 6) is 16.4. The maximum atomic E-state index is 4.06. The Hall–Kier alpha value is -7.38. The van der Waals surface area contributed by atoms with Gasteiger partial charge in [0.2, 0.25) is 0 Å². The van der Waals surface area contributed by atoms with Crippen LogP contribution in [-0.2, 0) is 10.8 Å². The molecule has 0 atom stereocenters. The number of hydrogen-bond acceptors (Lipinski definition) is 0. The highest BCUT2D eigenvalue weighted by molar-refractivity contribution is 6.10. The first-order valence-electron chi connectivity index (χ1n) is 20.4. The van der Waals surface area contributed by atoms with Gasteiger partial charge in [0.1, 0.15) is 10.8 Å². The Morgan fingerprint density at radius 2 is 0.466 bits per heavy atom. The van der Waals surface area contributed by atoms with Crippen molar-refractivity contribution in [3.8, 4) is 23.7 Å². The molecule has 266 valence electrons. The first-order valence-corrected chi connectivity index (χ1v) is 20.4. The lowest BCUT2D eigenvalue weighted by molar-refractivity contribution is 0.666. The zero-order valence-corrected chi connectivity index (χ0v) is 31.6. The summed E-state index contributed by atoms with van der Waals surface area (Å²) in [6.45, 7) is 0. The van der Waals surface area contributed by atoms with Crippen LogP contribution in [0.2, 0.25) is 0 Å². The van der Waals surface area contributed by atoms with Crippen LogP contribution in [0.3, 0.4) is 0 Å². The average Bonchev–Trinajstić information content (AvgIpc) is 3.30. The van der Waals surface area contributed by atoms with Gasteiger partial charge in [0.25, 0.3) is 0 Å². The molecule has 0 spiro atoms. The zero-order valence-electron chi connectivity index (χ0n) is 31.6.